The molecule has 28 heavy (non-hydrogen) atoms. The minimum atomic E-state index is -6.42. The Morgan fingerprint density at radius 1 is 0.857 bits per heavy atom. The molecule has 0 N–H and O–H groups in total. The predicted molar refractivity (Wildman–Crippen MR) is 93.4 cm³/mol. The minimum Gasteiger partial charge on any atom is -0.251 e. The van der Waals surface area contributed by atoms with Gasteiger partial charge < -0.3 is 0 Å². The van der Waals surface area contributed by atoms with Crippen LogP contribution in [0.1, 0.15) is 11.1 Å². The van der Waals surface area contributed by atoms with Crippen molar-refractivity contribution in [2.24, 2.45) is 4.99 Å². The first-order valence-corrected chi connectivity index (χ1v) is 8.50. The van der Waals surface area contributed by atoms with Crippen molar-refractivity contribution in [2.45, 2.75) is 31.4 Å². The highest BCUT2D eigenvalue weighted by atomic mass is 35.5. The van der Waals surface area contributed by atoms with E-state index < -0.39 is 30.2 Å². The molecule has 150 valence electrons. The molecule has 0 unspecified atom stereocenters. The first-order valence-electron chi connectivity index (χ1n) is 7.75. The Morgan fingerprint density at radius 2 is 1.46 bits per heavy atom. The molecule has 0 saturated carbocycles. The van der Waals surface area contributed by atoms with E-state index >= 15 is 0 Å². The van der Waals surface area contributed by atoms with Crippen LogP contribution in [0.2, 0.25) is 10.0 Å². The van der Waals surface area contributed by atoms with Gasteiger partial charge >= 0.3 is 18.0 Å². The van der Waals surface area contributed by atoms with Crippen LogP contribution < -0.4 is 0 Å². The lowest BCUT2D eigenvalue weighted by molar-refractivity contribution is -0.336. The molecule has 0 aliphatic carbocycles. The zero-order chi connectivity index (χ0) is 21.1. The molecule has 0 atom stereocenters. The van der Waals surface area contributed by atoms with Crippen LogP contribution in [0.5, 0.6) is 0 Å². The van der Waals surface area contributed by atoms with Crippen LogP contribution in [0.4, 0.5) is 36.4 Å². The van der Waals surface area contributed by atoms with Gasteiger partial charge in [0.25, 0.3) is 0 Å². The summed E-state index contributed by atoms with van der Waals surface area (Å²) in [5, 5.41) is 0.357. The molecule has 0 saturated heterocycles. The molecule has 2 aromatic rings. The Hall–Kier alpha value is -1.80. The summed E-state index contributed by atoms with van der Waals surface area (Å²) >= 11 is 12.3. The normalized spacial score (nSPS) is 14.9. The van der Waals surface area contributed by atoms with Crippen molar-refractivity contribution in [3.63, 3.8) is 0 Å². The molecular formula is C18H10Cl2F7N. The SMILES string of the molecule is Cc1ccc(-c2cc3c(cc2Cl)N=C(C(F)(F)C(F)(F)C(F)(F)F)C3)c(Cl)c1. The number of hydrogen-bond donors (Lipinski definition) is 0. The highest BCUT2D eigenvalue weighted by Crippen LogP contribution is 2.50. The molecule has 0 spiro atoms. The molecule has 1 nitrogen and oxygen atoms in total. The van der Waals surface area contributed by atoms with Gasteiger partial charge in [-0.05, 0) is 36.2 Å². The molecule has 2 aromatic carbocycles. The molecule has 0 radical (unpaired) electrons. The maximum Gasteiger partial charge on any atom is 0.460 e. The second kappa shape index (κ2) is 6.62. The lowest BCUT2D eigenvalue weighted by Gasteiger charge is -2.28. The lowest BCUT2D eigenvalue weighted by atomic mass is 9.97. The number of benzene rings is 2. The van der Waals surface area contributed by atoms with Gasteiger partial charge in [0.2, 0.25) is 0 Å². The number of alkyl halides is 7. The van der Waals surface area contributed by atoms with E-state index in [9.17, 15) is 30.7 Å². The minimum absolute atomic E-state index is 0.0420. The monoisotopic (exact) mass is 443 g/mol. The summed E-state index contributed by atoms with van der Waals surface area (Å²) in [5.41, 5.74) is -0.0827. The number of aryl methyl sites for hydroxylation is 1. The van der Waals surface area contributed by atoms with Crippen molar-refractivity contribution in [1.82, 2.24) is 0 Å². The first-order chi connectivity index (χ1) is 12.8. The molecular weight excluding hydrogens is 434 g/mol. The van der Waals surface area contributed by atoms with Crippen LogP contribution in [-0.2, 0) is 6.42 Å². The molecule has 3 rings (SSSR count). The Balaban J connectivity index is 2.02. The van der Waals surface area contributed by atoms with E-state index in [1.54, 1.807) is 25.1 Å². The maximum atomic E-state index is 13.9. The molecule has 0 aromatic heterocycles. The molecule has 10 heteroatoms. The van der Waals surface area contributed by atoms with Gasteiger partial charge in [0.1, 0.15) is 0 Å². The van der Waals surface area contributed by atoms with Crippen molar-refractivity contribution in [3.8, 4) is 11.1 Å². The van der Waals surface area contributed by atoms with E-state index in [4.69, 9.17) is 23.2 Å². The van der Waals surface area contributed by atoms with Gasteiger partial charge in [-0.15, -0.1) is 0 Å². The average molecular weight is 444 g/mol. The van der Waals surface area contributed by atoms with E-state index in [1.807, 2.05) is 0 Å². The van der Waals surface area contributed by atoms with Crippen molar-refractivity contribution < 1.29 is 30.7 Å². The van der Waals surface area contributed by atoms with Crippen LogP contribution in [0.25, 0.3) is 11.1 Å². The Bertz CT molecular complexity index is 981. The number of nitrogens with zero attached hydrogens (tertiary/aromatic N) is 1. The van der Waals surface area contributed by atoms with E-state index in [-0.39, 0.29) is 16.3 Å². The van der Waals surface area contributed by atoms with Gasteiger partial charge in [0.15, 0.2) is 0 Å². The van der Waals surface area contributed by atoms with Crippen LogP contribution >= 0.6 is 23.2 Å². The summed E-state index contributed by atoms with van der Waals surface area (Å²) in [4.78, 5) is 3.30. The molecule has 1 heterocycles. The molecule has 0 fully saturated rings. The fourth-order valence-corrected chi connectivity index (χ4v) is 3.40. The third kappa shape index (κ3) is 3.26. The summed E-state index contributed by atoms with van der Waals surface area (Å²) < 4.78 is 91.7. The highest BCUT2D eigenvalue weighted by Gasteiger charge is 2.75. The fraction of sp³-hybridized carbons (Fsp3) is 0.278. The van der Waals surface area contributed by atoms with Crippen LogP contribution in [0.3, 0.4) is 0 Å². The molecule has 1 aliphatic rings. The van der Waals surface area contributed by atoms with Gasteiger partial charge in [0.05, 0.1) is 16.4 Å². The summed E-state index contributed by atoms with van der Waals surface area (Å²) in [7, 11) is 0. The number of halogens is 9. The Labute approximate surface area is 164 Å². The maximum absolute atomic E-state index is 13.9. The van der Waals surface area contributed by atoms with E-state index in [0.717, 1.165) is 11.6 Å². The van der Waals surface area contributed by atoms with Crippen LogP contribution in [-0.4, -0.2) is 23.7 Å². The second-order valence-electron chi connectivity index (χ2n) is 6.33. The fourth-order valence-electron chi connectivity index (χ4n) is 2.80. The lowest BCUT2D eigenvalue weighted by Crippen LogP contribution is -2.56. The number of aliphatic imine (C=N–C) groups is 1. The first kappa shape index (κ1) is 20.9. The third-order valence-corrected chi connectivity index (χ3v) is 4.93. The summed E-state index contributed by atoms with van der Waals surface area (Å²) in [6, 6.07) is 7.45. The zero-order valence-corrected chi connectivity index (χ0v) is 15.5. The van der Waals surface area contributed by atoms with Crippen LogP contribution in [0, 0.1) is 6.92 Å². The van der Waals surface area contributed by atoms with E-state index in [2.05, 4.69) is 4.99 Å². The number of rotatable bonds is 3. The Kier molecular flexibility index (Phi) is 4.95. The summed E-state index contributed by atoms with van der Waals surface area (Å²) in [6.07, 6.45) is -7.30. The second-order valence-corrected chi connectivity index (χ2v) is 7.14. The van der Waals surface area contributed by atoms with Crippen LogP contribution in [0.15, 0.2) is 35.3 Å². The molecule has 0 amide bonds. The quantitative estimate of drug-likeness (QED) is 0.437. The highest BCUT2D eigenvalue weighted by molar-refractivity contribution is 6.36. The van der Waals surface area contributed by atoms with Crippen molar-refractivity contribution in [3.05, 3.63) is 51.5 Å². The average Bonchev–Trinajstić information content (AvgIpc) is 2.96. The summed E-state index contributed by atoms with van der Waals surface area (Å²) in [5.74, 6) is -11.8. The van der Waals surface area contributed by atoms with Gasteiger partial charge in [0, 0.05) is 22.6 Å². The van der Waals surface area contributed by atoms with Crippen molar-refractivity contribution in [1.29, 1.82) is 0 Å². The standard InChI is InChI=1S/C18H10Cl2F7N/c1-8-2-3-10(12(19)4-8)11-5-9-6-15(28-14(9)7-13(11)20)16(21,22)17(23,24)18(25,26)27/h2-5,7H,6H2,1H3. The summed E-state index contributed by atoms with van der Waals surface area (Å²) in [6.45, 7) is 1.79. The number of fused-ring (bicyclic) bond motifs is 1. The van der Waals surface area contributed by atoms with Gasteiger partial charge in [-0.1, -0.05) is 35.3 Å². The van der Waals surface area contributed by atoms with Gasteiger partial charge in [-0.25, -0.2) is 0 Å². The smallest absolute Gasteiger partial charge is 0.251 e. The predicted octanol–water partition coefficient (Wildman–Crippen LogP) is 7.43. The Morgan fingerprint density at radius 3 is 2.04 bits per heavy atom. The number of hydrogen-bond acceptors (Lipinski definition) is 1. The molecule has 0 bridgehead atoms. The van der Waals surface area contributed by atoms with E-state index in [1.165, 1.54) is 6.07 Å². The molecule has 1 aliphatic heterocycles. The largest absolute Gasteiger partial charge is 0.460 e. The zero-order valence-electron chi connectivity index (χ0n) is 13.9. The van der Waals surface area contributed by atoms with Gasteiger partial charge in [-0.3, -0.25) is 4.99 Å². The van der Waals surface area contributed by atoms with Gasteiger partial charge in [-0.2, -0.15) is 30.7 Å². The third-order valence-electron chi connectivity index (χ3n) is 4.31. The van der Waals surface area contributed by atoms with Crippen molar-refractivity contribution >= 4 is 34.6 Å². The van der Waals surface area contributed by atoms with E-state index in [0.29, 0.717) is 16.1 Å². The van der Waals surface area contributed by atoms with Crippen molar-refractivity contribution in [2.75, 3.05) is 0 Å². The topological polar surface area (TPSA) is 12.4 Å².